The van der Waals surface area contributed by atoms with E-state index in [-0.39, 0.29) is 0 Å². The monoisotopic (exact) mass is 391 g/mol. The van der Waals surface area contributed by atoms with E-state index >= 15 is 0 Å². The largest absolute Gasteiger partial charge is 0.303 e. The third-order valence-corrected chi connectivity index (χ3v) is 5.78. The smallest absolute Gasteiger partial charge is 0.215 e. The Morgan fingerprint density at radius 2 is 2.03 bits per heavy atom. The van der Waals surface area contributed by atoms with E-state index in [2.05, 4.69) is 33.1 Å². The summed E-state index contributed by atoms with van der Waals surface area (Å²) in [5.41, 5.74) is 2.80. The van der Waals surface area contributed by atoms with Crippen LogP contribution in [0.25, 0.3) is 22.2 Å². The first-order valence-corrected chi connectivity index (χ1v) is 10.6. The number of para-hydroxylation sites is 1. The van der Waals surface area contributed by atoms with Gasteiger partial charge in [0, 0.05) is 29.8 Å². The maximum atomic E-state index is 11.7. The quantitative estimate of drug-likeness (QED) is 0.587. The molecule has 3 aromatic rings. The van der Waals surface area contributed by atoms with Gasteiger partial charge in [0.05, 0.1) is 11.2 Å². The van der Waals surface area contributed by atoms with Gasteiger partial charge in [-0.05, 0) is 56.9 Å². The minimum Gasteiger partial charge on any atom is -0.303 e. The van der Waals surface area contributed by atoms with E-state index in [1.54, 1.807) is 4.90 Å². The van der Waals surface area contributed by atoms with Crippen molar-refractivity contribution in [3.8, 4) is 11.3 Å². The molecule has 152 valence electrons. The van der Waals surface area contributed by atoms with Gasteiger partial charge in [-0.3, -0.25) is 19.8 Å². The summed E-state index contributed by atoms with van der Waals surface area (Å²) in [6.45, 7) is 6.43. The average molecular weight is 392 g/mol. The van der Waals surface area contributed by atoms with Crippen LogP contribution in [0.1, 0.15) is 32.6 Å². The summed E-state index contributed by atoms with van der Waals surface area (Å²) in [4.78, 5) is 20.5. The van der Waals surface area contributed by atoms with E-state index in [9.17, 15) is 4.79 Å². The Bertz CT molecular complexity index is 947. The Labute approximate surface area is 171 Å². The lowest BCUT2D eigenvalue weighted by molar-refractivity contribution is -0.107. The Morgan fingerprint density at radius 1 is 1.21 bits per heavy atom. The first-order chi connectivity index (χ1) is 14.2. The Hall–Kier alpha value is -2.73. The summed E-state index contributed by atoms with van der Waals surface area (Å²) in [5, 5.41) is 8.52. The molecule has 4 rings (SSSR count). The minimum atomic E-state index is 0.421. The van der Waals surface area contributed by atoms with Gasteiger partial charge in [-0.25, -0.2) is 0 Å². The molecule has 1 unspecified atom stereocenters. The van der Waals surface area contributed by atoms with Crippen molar-refractivity contribution in [1.82, 2.24) is 20.1 Å². The zero-order valence-electron chi connectivity index (χ0n) is 17.1. The van der Waals surface area contributed by atoms with E-state index in [1.807, 2.05) is 36.5 Å². The number of H-pyrrole nitrogens is 1. The van der Waals surface area contributed by atoms with Gasteiger partial charge in [0.25, 0.3) is 0 Å². The Morgan fingerprint density at radius 3 is 2.86 bits per heavy atom. The summed E-state index contributed by atoms with van der Waals surface area (Å²) < 4.78 is 0. The molecule has 1 aliphatic rings. The fraction of sp³-hybridized carbons (Fsp3) is 0.435. The lowest BCUT2D eigenvalue weighted by atomic mass is 10.1. The maximum Gasteiger partial charge on any atom is 0.215 e. The molecule has 0 saturated carbocycles. The van der Waals surface area contributed by atoms with Crippen LogP contribution >= 0.6 is 0 Å². The highest BCUT2D eigenvalue weighted by Gasteiger charge is 2.16. The molecule has 1 amide bonds. The highest BCUT2D eigenvalue weighted by molar-refractivity contribution is 5.83. The van der Waals surface area contributed by atoms with Gasteiger partial charge >= 0.3 is 0 Å². The van der Waals surface area contributed by atoms with Crippen molar-refractivity contribution in [2.45, 2.75) is 32.6 Å². The van der Waals surface area contributed by atoms with E-state index in [1.165, 1.54) is 32.4 Å². The van der Waals surface area contributed by atoms with Crippen LogP contribution in [0.3, 0.4) is 0 Å². The molecule has 29 heavy (non-hydrogen) atoms. The number of hydrogen-bond acceptors (Lipinski definition) is 4. The van der Waals surface area contributed by atoms with Crippen LogP contribution in [0, 0.1) is 5.92 Å². The summed E-state index contributed by atoms with van der Waals surface area (Å²) in [7, 11) is 0. The number of hydrogen-bond donors (Lipinski definition) is 1. The lowest BCUT2D eigenvalue weighted by Gasteiger charge is -2.28. The van der Waals surface area contributed by atoms with Crippen LogP contribution in [-0.2, 0) is 4.79 Å². The summed E-state index contributed by atoms with van der Waals surface area (Å²) in [6.07, 6.45) is 7.81. The van der Waals surface area contributed by atoms with E-state index in [0.29, 0.717) is 18.3 Å². The number of amides is 1. The number of aromatic amines is 1. The van der Waals surface area contributed by atoms with E-state index in [0.717, 1.165) is 41.5 Å². The summed E-state index contributed by atoms with van der Waals surface area (Å²) in [5.74, 6) is 1.08. The number of likely N-dealkylation sites (tertiary alicyclic amines) is 1. The van der Waals surface area contributed by atoms with Gasteiger partial charge in [0.1, 0.15) is 0 Å². The molecule has 0 spiro atoms. The number of fused-ring (bicyclic) bond motifs is 1. The molecule has 3 heterocycles. The van der Waals surface area contributed by atoms with Gasteiger partial charge in [0.2, 0.25) is 6.41 Å². The predicted octanol–water partition coefficient (Wildman–Crippen LogP) is 4.10. The number of pyridine rings is 1. The number of carbonyl (C=O) groups excluding carboxylic acids is 1. The molecule has 2 aromatic heterocycles. The molecule has 1 saturated heterocycles. The van der Waals surface area contributed by atoms with Crippen molar-refractivity contribution >= 4 is 23.1 Å². The zero-order chi connectivity index (χ0) is 20.1. The number of aromatic nitrogens is 3. The van der Waals surface area contributed by atoms with Crippen molar-refractivity contribution in [2.75, 3.05) is 31.1 Å². The van der Waals surface area contributed by atoms with Gasteiger partial charge in [-0.1, -0.05) is 31.5 Å². The van der Waals surface area contributed by atoms with Crippen molar-refractivity contribution in [3.63, 3.8) is 0 Å². The first-order valence-electron chi connectivity index (χ1n) is 10.6. The second-order valence-electron chi connectivity index (χ2n) is 8.11. The fourth-order valence-electron chi connectivity index (χ4n) is 4.03. The Kier molecular flexibility index (Phi) is 6.20. The second-order valence-corrected chi connectivity index (χ2v) is 8.11. The zero-order valence-corrected chi connectivity index (χ0v) is 17.1. The van der Waals surface area contributed by atoms with Crippen LogP contribution < -0.4 is 4.90 Å². The van der Waals surface area contributed by atoms with Crippen LogP contribution in [0.15, 0.2) is 42.6 Å². The molecule has 1 fully saturated rings. The molecule has 1 N–H and O–H groups in total. The molecule has 6 nitrogen and oxygen atoms in total. The molecule has 0 bridgehead atoms. The minimum absolute atomic E-state index is 0.421. The number of nitrogens with one attached hydrogen (secondary N) is 1. The SMILES string of the molecule is CC(CCN1CCCCC1)CN(C=O)c1cc(-c2cnc3ccccc3c2)[nH]n1. The van der Waals surface area contributed by atoms with Gasteiger partial charge in [0.15, 0.2) is 5.82 Å². The van der Waals surface area contributed by atoms with Crippen molar-refractivity contribution in [1.29, 1.82) is 0 Å². The Balaban J connectivity index is 1.40. The van der Waals surface area contributed by atoms with Gasteiger partial charge < -0.3 is 4.90 Å². The summed E-state index contributed by atoms with van der Waals surface area (Å²) in [6, 6.07) is 12.1. The van der Waals surface area contributed by atoms with E-state index in [4.69, 9.17) is 0 Å². The topological polar surface area (TPSA) is 65.1 Å². The normalized spacial score (nSPS) is 16.0. The molecule has 1 aromatic carbocycles. The molecule has 1 atom stereocenters. The highest BCUT2D eigenvalue weighted by Crippen LogP contribution is 2.24. The lowest BCUT2D eigenvalue weighted by Crippen LogP contribution is -2.33. The predicted molar refractivity (Wildman–Crippen MR) is 117 cm³/mol. The molecule has 6 heteroatoms. The van der Waals surface area contributed by atoms with Crippen LogP contribution in [0.2, 0.25) is 0 Å². The van der Waals surface area contributed by atoms with Crippen LogP contribution in [0.4, 0.5) is 5.82 Å². The first kappa shape index (κ1) is 19.6. The van der Waals surface area contributed by atoms with Gasteiger partial charge in [-0.2, -0.15) is 5.10 Å². The molecular formula is C23H29N5O. The fourth-order valence-corrected chi connectivity index (χ4v) is 4.03. The maximum absolute atomic E-state index is 11.7. The van der Waals surface area contributed by atoms with Crippen molar-refractivity contribution in [2.24, 2.45) is 5.92 Å². The molecule has 1 aliphatic heterocycles. The third-order valence-electron chi connectivity index (χ3n) is 5.78. The molecular weight excluding hydrogens is 362 g/mol. The molecule has 0 radical (unpaired) electrons. The second kappa shape index (κ2) is 9.18. The number of rotatable bonds is 8. The third kappa shape index (κ3) is 4.82. The van der Waals surface area contributed by atoms with Gasteiger partial charge in [-0.15, -0.1) is 0 Å². The number of piperidine rings is 1. The molecule has 0 aliphatic carbocycles. The van der Waals surface area contributed by atoms with Crippen LogP contribution in [0.5, 0.6) is 0 Å². The van der Waals surface area contributed by atoms with Crippen molar-refractivity contribution in [3.05, 3.63) is 42.6 Å². The highest BCUT2D eigenvalue weighted by atomic mass is 16.1. The summed E-state index contributed by atoms with van der Waals surface area (Å²) >= 11 is 0. The van der Waals surface area contributed by atoms with E-state index < -0.39 is 0 Å². The number of benzene rings is 1. The number of anilines is 1. The standard InChI is InChI=1S/C23H29N5O/c1-18(9-12-27-10-5-2-6-11-27)16-28(17-29)23-14-22(25-26-23)20-13-19-7-3-4-8-21(19)24-15-20/h3-4,7-8,13-15,17-18H,2,5-6,9-12,16H2,1H3,(H,25,26). The van der Waals surface area contributed by atoms with Crippen molar-refractivity contribution < 1.29 is 4.79 Å². The number of carbonyl (C=O) groups is 1. The number of nitrogens with zero attached hydrogens (tertiary/aromatic N) is 4. The van der Waals surface area contributed by atoms with Crippen LogP contribution in [-0.4, -0.2) is 52.7 Å². The average Bonchev–Trinajstić information content (AvgIpc) is 3.26.